The van der Waals surface area contributed by atoms with Crippen molar-refractivity contribution < 1.29 is 8.42 Å². The van der Waals surface area contributed by atoms with E-state index >= 15 is 0 Å². The summed E-state index contributed by atoms with van der Waals surface area (Å²) in [5.41, 5.74) is 8.43. The first-order valence-corrected chi connectivity index (χ1v) is 9.38. The molecule has 22 heavy (non-hydrogen) atoms. The normalized spacial score (nSPS) is 12.5. The number of rotatable bonds is 8. The number of sulfonamides is 1. The zero-order valence-electron chi connectivity index (χ0n) is 13.1. The first-order chi connectivity index (χ1) is 10.3. The molecular weight excluding hydrogens is 324 g/mol. The molecule has 0 atom stereocenters. The van der Waals surface area contributed by atoms with E-state index in [1.54, 1.807) is 0 Å². The molecule has 8 heteroatoms. The Hall–Kier alpha value is -1.31. The summed E-state index contributed by atoms with van der Waals surface area (Å²) in [6.07, 6.45) is 1.15. The number of anilines is 1. The SMILES string of the molecule is CCN(CCNS(C)(=O)=O)c1ccc(N=C(N)CCl)c(C)c1. The molecule has 3 N–H and O–H groups in total. The lowest BCUT2D eigenvalue weighted by Crippen LogP contribution is -2.34. The molecule has 0 bridgehead atoms. The van der Waals surface area contributed by atoms with Gasteiger partial charge in [0.25, 0.3) is 0 Å². The topological polar surface area (TPSA) is 87.8 Å². The molecule has 1 rings (SSSR count). The van der Waals surface area contributed by atoms with E-state index in [4.69, 9.17) is 17.3 Å². The van der Waals surface area contributed by atoms with Crippen molar-refractivity contribution in [3.8, 4) is 0 Å². The van der Waals surface area contributed by atoms with Gasteiger partial charge in [-0.05, 0) is 37.6 Å². The second-order valence-corrected chi connectivity index (χ2v) is 7.05. The first-order valence-electron chi connectivity index (χ1n) is 6.96. The molecule has 0 saturated carbocycles. The van der Waals surface area contributed by atoms with Crippen molar-refractivity contribution in [1.29, 1.82) is 0 Å². The fraction of sp³-hybridized carbons (Fsp3) is 0.500. The van der Waals surface area contributed by atoms with Crippen LogP contribution in [0.1, 0.15) is 12.5 Å². The van der Waals surface area contributed by atoms with Gasteiger partial charge in [0.05, 0.1) is 17.8 Å². The highest BCUT2D eigenvalue weighted by Gasteiger charge is 2.08. The lowest BCUT2D eigenvalue weighted by Gasteiger charge is -2.23. The average Bonchev–Trinajstić information content (AvgIpc) is 2.44. The van der Waals surface area contributed by atoms with Crippen molar-refractivity contribution in [1.82, 2.24) is 4.72 Å². The van der Waals surface area contributed by atoms with Gasteiger partial charge in [0.2, 0.25) is 10.0 Å². The van der Waals surface area contributed by atoms with E-state index in [-0.39, 0.29) is 5.88 Å². The molecule has 0 fully saturated rings. The predicted octanol–water partition coefficient (Wildman–Crippen LogP) is 1.60. The van der Waals surface area contributed by atoms with Crippen LogP contribution in [-0.4, -0.2) is 46.0 Å². The van der Waals surface area contributed by atoms with Crippen molar-refractivity contribution in [2.45, 2.75) is 13.8 Å². The average molecular weight is 347 g/mol. The van der Waals surface area contributed by atoms with Crippen LogP contribution in [0, 0.1) is 6.92 Å². The maximum Gasteiger partial charge on any atom is 0.208 e. The summed E-state index contributed by atoms with van der Waals surface area (Å²) in [6, 6.07) is 5.83. The monoisotopic (exact) mass is 346 g/mol. The third kappa shape index (κ3) is 6.21. The van der Waals surface area contributed by atoms with E-state index in [0.29, 0.717) is 18.9 Å². The first kappa shape index (κ1) is 18.7. The van der Waals surface area contributed by atoms with Crippen molar-refractivity contribution >= 4 is 38.8 Å². The highest BCUT2D eigenvalue weighted by atomic mass is 35.5. The Balaban J connectivity index is 2.84. The Labute approximate surface area is 137 Å². The van der Waals surface area contributed by atoms with Gasteiger partial charge in [0.15, 0.2) is 0 Å². The van der Waals surface area contributed by atoms with Crippen molar-refractivity contribution in [2.75, 3.05) is 36.7 Å². The summed E-state index contributed by atoms with van der Waals surface area (Å²) in [5, 5.41) is 0. The highest BCUT2D eigenvalue weighted by Crippen LogP contribution is 2.24. The number of nitrogens with two attached hydrogens (primary N) is 1. The van der Waals surface area contributed by atoms with Gasteiger partial charge in [-0.1, -0.05) is 0 Å². The van der Waals surface area contributed by atoms with E-state index in [9.17, 15) is 8.42 Å². The molecule has 0 spiro atoms. The largest absolute Gasteiger partial charge is 0.386 e. The second kappa shape index (κ2) is 8.36. The minimum atomic E-state index is -3.16. The minimum absolute atomic E-state index is 0.194. The third-order valence-electron chi connectivity index (χ3n) is 3.07. The Kier molecular flexibility index (Phi) is 7.12. The number of benzene rings is 1. The zero-order chi connectivity index (χ0) is 16.8. The molecule has 1 aromatic carbocycles. The van der Waals surface area contributed by atoms with Crippen molar-refractivity contribution in [3.05, 3.63) is 23.8 Å². The van der Waals surface area contributed by atoms with Gasteiger partial charge in [0.1, 0.15) is 5.84 Å². The summed E-state index contributed by atoms with van der Waals surface area (Å²) in [7, 11) is -3.16. The summed E-state index contributed by atoms with van der Waals surface area (Å²) >= 11 is 5.63. The van der Waals surface area contributed by atoms with E-state index in [1.165, 1.54) is 0 Å². The van der Waals surface area contributed by atoms with E-state index in [2.05, 4.69) is 14.6 Å². The molecule has 1 aromatic rings. The van der Waals surface area contributed by atoms with Gasteiger partial charge >= 0.3 is 0 Å². The molecular formula is C14H23ClN4O2S. The standard InChI is InChI=1S/C14H23ClN4O2S/c1-4-19(8-7-17-22(3,20)21)12-5-6-13(11(2)9-12)18-14(16)10-15/h5-6,9,17H,4,7-8,10H2,1-3H3,(H2,16,18). The molecule has 0 saturated heterocycles. The highest BCUT2D eigenvalue weighted by molar-refractivity contribution is 7.88. The van der Waals surface area contributed by atoms with Crippen LogP contribution < -0.4 is 15.4 Å². The van der Waals surface area contributed by atoms with Gasteiger partial charge in [-0.3, -0.25) is 0 Å². The number of nitrogens with zero attached hydrogens (tertiary/aromatic N) is 2. The van der Waals surface area contributed by atoms with Gasteiger partial charge in [-0.25, -0.2) is 18.1 Å². The number of hydrogen-bond donors (Lipinski definition) is 2. The molecule has 0 aliphatic heterocycles. The molecule has 0 unspecified atom stereocenters. The smallest absolute Gasteiger partial charge is 0.208 e. The lowest BCUT2D eigenvalue weighted by atomic mass is 10.1. The predicted molar refractivity (Wildman–Crippen MR) is 93.9 cm³/mol. The van der Waals surface area contributed by atoms with Crippen LogP contribution in [0.5, 0.6) is 0 Å². The summed E-state index contributed by atoms with van der Waals surface area (Å²) in [4.78, 5) is 6.34. The third-order valence-corrected chi connectivity index (χ3v) is 4.08. The second-order valence-electron chi connectivity index (χ2n) is 4.95. The zero-order valence-corrected chi connectivity index (χ0v) is 14.7. The van der Waals surface area contributed by atoms with E-state index in [0.717, 1.165) is 29.7 Å². The van der Waals surface area contributed by atoms with Crippen LogP contribution in [0.3, 0.4) is 0 Å². The summed E-state index contributed by atoms with van der Waals surface area (Å²) in [6.45, 7) is 5.71. The molecule has 124 valence electrons. The number of aryl methyl sites for hydroxylation is 1. The Morgan fingerprint density at radius 3 is 2.64 bits per heavy atom. The number of halogens is 1. The van der Waals surface area contributed by atoms with Gasteiger partial charge in [-0.15, -0.1) is 11.6 Å². The van der Waals surface area contributed by atoms with E-state index < -0.39 is 10.0 Å². The van der Waals surface area contributed by atoms with Crippen LogP contribution >= 0.6 is 11.6 Å². The Morgan fingerprint density at radius 1 is 1.45 bits per heavy atom. The summed E-state index contributed by atoms with van der Waals surface area (Å²) in [5.74, 6) is 0.571. The number of nitrogens with one attached hydrogen (secondary N) is 1. The number of aliphatic imine (C=N–C) groups is 1. The number of hydrogen-bond acceptors (Lipinski definition) is 4. The maximum absolute atomic E-state index is 11.1. The Morgan fingerprint density at radius 2 is 2.14 bits per heavy atom. The van der Waals surface area contributed by atoms with Crippen LogP contribution in [-0.2, 0) is 10.0 Å². The molecule has 6 nitrogen and oxygen atoms in total. The number of alkyl halides is 1. The quantitative estimate of drug-likeness (QED) is 0.425. The van der Waals surface area contributed by atoms with Crippen molar-refractivity contribution in [2.24, 2.45) is 10.7 Å². The van der Waals surface area contributed by atoms with Crippen molar-refractivity contribution in [3.63, 3.8) is 0 Å². The maximum atomic E-state index is 11.1. The molecule has 0 aliphatic carbocycles. The van der Waals surface area contributed by atoms with Crippen LogP contribution in [0.15, 0.2) is 23.2 Å². The van der Waals surface area contributed by atoms with Crippen LogP contribution in [0.25, 0.3) is 0 Å². The van der Waals surface area contributed by atoms with Gasteiger partial charge in [0, 0.05) is 25.3 Å². The molecule has 0 amide bonds. The fourth-order valence-corrected chi connectivity index (χ4v) is 2.50. The number of amidine groups is 1. The Bertz CT molecular complexity index is 632. The van der Waals surface area contributed by atoms with Gasteiger partial charge in [-0.2, -0.15) is 0 Å². The van der Waals surface area contributed by atoms with Crippen LogP contribution in [0.2, 0.25) is 0 Å². The molecule has 0 aromatic heterocycles. The van der Waals surface area contributed by atoms with Crippen LogP contribution in [0.4, 0.5) is 11.4 Å². The van der Waals surface area contributed by atoms with E-state index in [1.807, 2.05) is 32.0 Å². The molecule has 0 heterocycles. The van der Waals surface area contributed by atoms with Gasteiger partial charge < -0.3 is 10.6 Å². The molecule has 0 radical (unpaired) electrons. The lowest BCUT2D eigenvalue weighted by molar-refractivity contribution is 0.587. The molecule has 0 aliphatic rings. The summed E-state index contributed by atoms with van der Waals surface area (Å²) < 4.78 is 24.7. The minimum Gasteiger partial charge on any atom is -0.386 e. The number of likely N-dealkylation sites (N-methyl/N-ethyl adjacent to an activating group) is 1. The fourth-order valence-electron chi connectivity index (χ4n) is 1.98.